The Morgan fingerprint density at radius 1 is 0.722 bits per heavy atom. The molecule has 0 aliphatic heterocycles. The van der Waals surface area contributed by atoms with Crippen LogP contribution < -0.4 is 15.1 Å². The molecule has 0 N–H and O–H groups in total. The maximum absolute atomic E-state index is 14.5. The Balaban J connectivity index is 2.18. The summed E-state index contributed by atoms with van der Waals surface area (Å²) in [7, 11) is -8.61. The number of allylic oxidation sites excluding steroid dienone is 2. The summed E-state index contributed by atoms with van der Waals surface area (Å²) in [6, 6.07) is 35.8. The molecule has 1 aliphatic carbocycles. The normalized spacial score (nSPS) is 16.8. The van der Waals surface area contributed by atoms with E-state index in [0.29, 0.717) is 44.1 Å². The van der Waals surface area contributed by atoms with Crippen molar-refractivity contribution >= 4 is 60.5 Å². The number of thioether (sulfide) groups is 1. The summed E-state index contributed by atoms with van der Waals surface area (Å²) in [6.07, 6.45) is 15.4. The average molecular weight is 1170 g/mol. The summed E-state index contributed by atoms with van der Waals surface area (Å²) in [6.45, 7) is 37.3. The molecule has 0 amide bonds. The van der Waals surface area contributed by atoms with Crippen LogP contribution in [-0.4, -0.2) is 81.8 Å². The average Bonchev–Trinajstić information content (AvgIpc) is 3.48. The van der Waals surface area contributed by atoms with Crippen molar-refractivity contribution in [3.63, 3.8) is 0 Å². The third-order valence-electron chi connectivity index (χ3n) is 18.1. The van der Waals surface area contributed by atoms with Gasteiger partial charge in [0.15, 0.2) is 30.1 Å². The minimum Gasteiger partial charge on any atom is -0.497 e. The quantitative estimate of drug-likeness (QED) is 0.0348. The zero-order chi connectivity index (χ0) is 58.4. The number of carbonyl (C=O) groups excluding carboxylic acids is 1. The number of hydrogen-bond acceptors (Lipinski definition) is 8. The van der Waals surface area contributed by atoms with Crippen molar-refractivity contribution in [3.05, 3.63) is 115 Å². The van der Waals surface area contributed by atoms with Crippen molar-refractivity contribution in [1.29, 1.82) is 0 Å². The van der Waals surface area contributed by atoms with Gasteiger partial charge in [-0.05, 0) is 125 Å². The lowest BCUT2D eigenvalue weighted by Crippen LogP contribution is -2.67. The van der Waals surface area contributed by atoms with Crippen molar-refractivity contribution in [1.82, 2.24) is 0 Å². The predicted molar refractivity (Wildman–Crippen MR) is 349 cm³/mol. The van der Waals surface area contributed by atoms with Crippen LogP contribution in [0.4, 0.5) is 0 Å². The summed E-state index contributed by atoms with van der Waals surface area (Å²) >= 11 is 1.41. The molecular formula is C67H108O7SSi4. The zero-order valence-corrected chi connectivity index (χ0v) is 57.4. The highest BCUT2D eigenvalue weighted by Gasteiger charge is 2.52. The molecule has 1 fully saturated rings. The SMILES string of the molecule is CCSC(=O)[C@H](CC)[C@H](/C=C/[C@@](CCO[Si](c1ccccc1)(c1ccccc1)C(C)(C)C)(O[Si](CC)(CC)CC)[C@@H](C[C@H](C#C/C=C\C1CCCCC1)O[Si](C)(C)C(C)(C)C)OCc1ccc(OC)cc1)O[Si](CC)(CC)CC. The molecule has 0 heterocycles. The maximum Gasteiger partial charge on any atom is 0.261 e. The molecule has 1 aliphatic rings. The molecule has 5 atom stereocenters. The number of carbonyl (C=O) groups is 1. The summed E-state index contributed by atoms with van der Waals surface area (Å²) < 4.78 is 44.8. The van der Waals surface area contributed by atoms with Gasteiger partial charge in [0, 0.05) is 19.4 Å². The summed E-state index contributed by atoms with van der Waals surface area (Å²) in [5.41, 5.74) is -0.0594. The van der Waals surface area contributed by atoms with Crippen LogP contribution in [0.15, 0.2) is 109 Å². The first-order chi connectivity index (χ1) is 37.6. The van der Waals surface area contributed by atoms with E-state index in [2.05, 4.69) is 219 Å². The van der Waals surface area contributed by atoms with Gasteiger partial charge in [0.2, 0.25) is 0 Å². The van der Waals surface area contributed by atoms with Crippen LogP contribution in [0.1, 0.15) is 154 Å². The van der Waals surface area contributed by atoms with E-state index in [0.717, 1.165) is 47.6 Å². The van der Waals surface area contributed by atoms with E-state index >= 15 is 0 Å². The topological polar surface area (TPSA) is 72.5 Å². The molecule has 0 aromatic heterocycles. The van der Waals surface area contributed by atoms with Gasteiger partial charge in [-0.25, -0.2) is 0 Å². The standard InChI is InChI=1S/C67H108O7SSi4/c1-18-61(64(68)75-19-2)62(73-77(20-3,21-4)22-5)49-50-67(74-78(23-6,24-7)25-8,51-52-71-79(66(12,13)14,59-41-31-27-32-42-59)60-43-33-28-34-44-60)63(70-54-56-45-47-57(69-15)48-46-56)53-58(72-76(16,17)65(9,10)11)40-36-35-39-55-37-29-26-30-38-55/h27-28,31-35,39,41-50,55,58,61-63H,18-26,29-30,37-38,51-54H2,1-17H3/b39-35-,50-49+/t58-,61+,62-,63+,67-/m0/s1. The van der Waals surface area contributed by atoms with E-state index in [9.17, 15) is 4.79 Å². The molecule has 3 aromatic rings. The van der Waals surface area contributed by atoms with E-state index in [1.807, 2.05) is 12.1 Å². The lowest BCUT2D eigenvalue weighted by molar-refractivity contribution is -0.116. The monoisotopic (exact) mass is 1170 g/mol. The van der Waals surface area contributed by atoms with Gasteiger partial charge in [0.05, 0.1) is 31.8 Å². The second kappa shape index (κ2) is 32.3. The van der Waals surface area contributed by atoms with Crippen LogP contribution in [0.3, 0.4) is 0 Å². The first-order valence-electron chi connectivity index (χ1n) is 30.6. The van der Waals surface area contributed by atoms with Gasteiger partial charge in [-0.15, -0.1) is 0 Å². The fourth-order valence-corrected chi connectivity index (χ4v) is 23.9. The fraction of sp³-hybridized carbons (Fsp3) is 0.627. The molecule has 79 heavy (non-hydrogen) atoms. The van der Waals surface area contributed by atoms with Gasteiger partial charge < -0.3 is 27.2 Å². The Labute approximate surface area is 491 Å². The number of rotatable bonds is 32. The predicted octanol–water partition coefficient (Wildman–Crippen LogP) is 17.5. The van der Waals surface area contributed by atoms with Gasteiger partial charge in [-0.3, -0.25) is 4.79 Å². The molecule has 12 heteroatoms. The Hall–Kier alpha value is -2.81. The fourth-order valence-electron chi connectivity index (χ4n) is 11.4. The molecule has 3 aromatic carbocycles. The summed E-state index contributed by atoms with van der Waals surface area (Å²) in [4.78, 5) is 14.5. The highest BCUT2D eigenvalue weighted by molar-refractivity contribution is 8.13. The van der Waals surface area contributed by atoms with Crippen molar-refractivity contribution in [3.8, 4) is 17.6 Å². The van der Waals surface area contributed by atoms with Crippen LogP contribution in [0.5, 0.6) is 5.75 Å². The van der Waals surface area contributed by atoms with Crippen molar-refractivity contribution < 1.29 is 32.0 Å². The lowest BCUT2D eigenvalue weighted by Gasteiger charge is -2.48. The molecule has 7 nitrogen and oxygen atoms in total. The smallest absolute Gasteiger partial charge is 0.261 e. The van der Waals surface area contributed by atoms with E-state index < -0.39 is 57.2 Å². The molecule has 0 bridgehead atoms. The number of ether oxygens (including phenoxy) is 2. The van der Waals surface area contributed by atoms with Gasteiger partial charge in [-0.1, -0.05) is 231 Å². The first-order valence-corrected chi connectivity index (χ1v) is 41.5. The van der Waals surface area contributed by atoms with Gasteiger partial charge in [0.1, 0.15) is 17.5 Å². The zero-order valence-electron chi connectivity index (χ0n) is 52.6. The Morgan fingerprint density at radius 3 is 1.76 bits per heavy atom. The number of hydrogen-bond donors (Lipinski definition) is 0. The van der Waals surface area contributed by atoms with E-state index in [4.69, 9.17) is 27.2 Å². The van der Waals surface area contributed by atoms with Crippen molar-refractivity contribution in [2.75, 3.05) is 19.5 Å². The van der Waals surface area contributed by atoms with Crippen LogP contribution >= 0.6 is 11.8 Å². The second-order valence-corrected chi connectivity index (χ2v) is 44.6. The van der Waals surface area contributed by atoms with Crippen LogP contribution in [0.2, 0.25) is 59.4 Å². The van der Waals surface area contributed by atoms with Crippen LogP contribution in [0.25, 0.3) is 0 Å². The second-order valence-electron chi connectivity index (χ2n) is 24.8. The summed E-state index contributed by atoms with van der Waals surface area (Å²) in [5, 5.41) is 2.31. The molecule has 0 unspecified atom stereocenters. The molecule has 0 saturated heterocycles. The lowest BCUT2D eigenvalue weighted by atomic mass is 9.87. The Kier molecular flexibility index (Phi) is 28.1. The third-order valence-corrected chi connectivity index (χ3v) is 37.8. The molecule has 440 valence electrons. The largest absolute Gasteiger partial charge is 0.497 e. The number of benzene rings is 3. The minimum atomic E-state index is -3.04. The first kappa shape index (κ1) is 68.7. The van der Waals surface area contributed by atoms with Gasteiger partial charge in [-0.2, -0.15) is 0 Å². The Bertz CT molecular complexity index is 2280. The third kappa shape index (κ3) is 18.8. The minimum absolute atomic E-state index is 0.0763. The van der Waals surface area contributed by atoms with Crippen LogP contribution in [0, 0.1) is 23.7 Å². The maximum atomic E-state index is 14.5. The number of methoxy groups -OCH3 is 1. The molecular weight excluding hydrogens is 1060 g/mol. The van der Waals surface area contributed by atoms with Crippen LogP contribution in [-0.2, 0) is 33.8 Å². The molecule has 4 rings (SSSR count). The van der Waals surface area contributed by atoms with E-state index in [1.54, 1.807) is 7.11 Å². The van der Waals surface area contributed by atoms with Gasteiger partial charge >= 0.3 is 0 Å². The summed E-state index contributed by atoms with van der Waals surface area (Å²) in [5.74, 6) is 9.03. The molecule has 1 saturated carbocycles. The van der Waals surface area contributed by atoms with Crippen molar-refractivity contribution in [2.24, 2.45) is 11.8 Å². The van der Waals surface area contributed by atoms with Gasteiger partial charge in [0.25, 0.3) is 8.32 Å². The Morgan fingerprint density at radius 2 is 1.28 bits per heavy atom. The van der Waals surface area contributed by atoms with E-state index in [1.165, 1.54) is 54.2 Å². The highest BCUT2D eigenvalue weighted by Crippen LogP contribution is 2.43. The van der Waals surface area contributed by atoms with E-state index in [-0.39, 0.29) is 21.1 Å². The molecule has 0 spiro atoms. The molecule has 0 radical (unpaired) electrons. The van der Waals surface area contributed by atoms with Crippen molar-refractivity contribution in [2.45, 2.75) is 238 Å². The highest BCUT2D eigenvalue weighted by atomic mass is 32.2.